The number of thioether (sulfide) groups is 1. The Morgan fingerprint density at radius 2 is 1.86 bits per heavy atom. The number of rotatable bonds is 5. The molecule has 0 radical (unpaired) electrons. The fraction of sp³-hybridized carbons (Fsp3) is 0.708. The number of hydrogen-bond acceptors (Lipinski definition) is 8. The Morgan fingerprint density at radius 1 is 1.20 bits per heavy atom. The van der Waals surface area contributed by atoms with Crippen molar-refractivity contribution in [1.82, 2.24) is 25.0 Å². The first kappa shape index (κ1) is 31.4. The van der Waals surface area contributed by atoms with Crippen LogP contribution in [0.1, 0.15) is 27.2 Å². The fourth-order valence-electron chi connectivity index (χ4n) is 3.16. The number of nitrogens with one attached hydrogen (secondary N) is 2. The number of aromatic amines is 1. The van der Waals surface area contributed by atoms with Gasteiger partial charge in [0, 0.05) is 74.1 Å². The molecule has 2 N–H and O–H groups in total. The summed E-state index contributed by atoms with van der Waals surface area (Å²) >= 11 is 5.16. The Kier molecular flexibility index (Phi) is 16.0. The maximum atomic E-state index is 11.4. The van der Waals surface area contributed by atoms with Crippen LogP contribution in [-0.4, -0.2) is 109 Å². The van der Waals surface area contributed by atoms with E-state index in [0.29, 0.717) is 13.1 Å². The molecule has 0 aromatic carbocycles. The Labute approximate surface area is 222 Å². The highest BCUT2D eigenvalue weighted by Crippen LogP contribution is 2.09. The number of hydrogen-bond donors (Lipinski definition) is 2. The van der Waals surface area contributed by atoms with E-state index in [4.69, 9.17) is 10.00 Å². The SMILES string of the molecule is CC(C)(C)OC(=O)NCCCN1CCSCC1.CN1CCN(CC#N)CC1.O=c1cc(Br)cc[nH]1. The number of carbonyl (C=O) groups is 1. The van der Waals surface area contributed by atoms with E-state index in [1.165, 1.54) is 30.7 Å². The van der Waals surface area contributed by atoms with Crippen LogP contribution in [0.15, 0.2) is 27.6 Å². The molecule has 0 saturated carbocycles. The Balaban J connectivity index is 0.000000287. The molecule has 1 aromatic heterocycles. The monoisotopic (exact) mass is 572 g/mol. The van der Waals surface area contributed by atoms with Gasteiger partial charge in [0.1, 0.15) is 5.60 Å². The van der Waals surface area contributed by atoms with Crippen molar-refractivity contribution >= 4 is 33.8 Å². The molecule has 2 aliphatic rings. The first-order valence-corrected chi connectivity index (χ1v) is 13.9. The molecule has 1 aromatic rings. The van der Waals surface area contributed by atoms with Gasteiger partial charge in [-0.05, 0) is 46.9 Å². The number of piperazine rings is 1. The molecule has 0 bridgehead atoms. The Bertz CT molecular complexity index is 812. The van der Waals surface area contributed by atoms with Crippen molar-refractivity contribution < 1.29 is 9.53 Å². The van der Waals surface area contributed by atoms with Crippen molar-refractivity contribution in [3.8, 4) is 6.07 Å². The highest BCUT2D eigenvalue weighted by atomic mass is 79.9. The molecule has 0 unspecified atom stereocenters. The zero-order valence-electron chi connectivity index (χ0n) is 21.5. The number of amides is 1. The number of halogens is 1. The van der Waals surface area contributed by atoms with Gasteiger partial charge in [-0.3, -0.25) is 9.69 Å². The number of pyridine rings is 1. The van der Waals surface area contributed by atoms with Crippen LogP contribution in [0, 0.1) is 11.3 Å². The summed E-state index contributed by atoms with van der Waals surface area (Å²) in [4.78, 5) is 31.2. The molecular weight excluding hydrogens is 532 g/mol. The number of ether oxygens (including phenoxy) is 1. The van der Waals surface area contributed by atoms with E-state index in [-0.39, 0.29) is 11.7 Å². The van der Waals surface area contributed by atoms with Crippen molar-refractivity contribution in [1.29, 1.82) is 5.26 Å². The summed E-state index contributed by atoms with van der Waals surface area (Å²) in [5.74, 6) is 2.47. The van der Waals surface area contributed by atoms with Crippen LogP contribution in [0.3, 0.4) is 0 Å². The first-order valence-electron chi connectivity index (χ1n) is 12.0. The number of H-pyrrole nitrogens is 1. The predicted octanol–water partition coefficient (Wildman–Crippen LogP) is 2.84. The Hall–Kier alpha value is -1.58. The molecule has 2 saturated heterocycles. The summed E-state index contributed by atoms with van der Waals surface area (Å²) in [5.41, 5.74) is -0.492. The summed E-state index contributed by atoms with van der Waals surface area (Å²) in [6.45, 7) is 14.6. The van der Waals surface area contributed by atoms with Crippen molar-refractivity contribution in [2.75, 3.05) is 77.5 Å². The van der Waals surface area contributed by atoms with E-state index in [0.717, 1.165) is 43.6 Å². The fourth-order valence-corrected chi connectivity index (χ4v) is 4.48. The highest BCUT2D eigenvalue weighted by molar-refractivity contribution is 9.10. The zero-order chi connectivity index (χ0) is 26.1. The van der Waals surface area contributed by atoms with Crippen LogP contribution >= 0.6 is 27.7 Å². The van der Waals surface area contributed by atoms with Gasteiger partial charge in [-0.15, -0.1) is 0 Å². The number of likely N-dealkylation sites (N-methyl/N-ethyl adjacent to an activating group) is 1. The molecule has 2 aliphatic heterocycles. The molecule has 35 heavy (non-hydrogen) atoms. The van der Waals surface area contributed by atoms with Crippen molar-refractivity contribution in [2.24, 2.45) is 0 Å². The van der Waals surface area contributed by atoms with Crippen molar-refractivity contribution in [3.63, 3.8) is 0 Å². The zero-order valence-corrected chi connectivity index (χ0v) is 23.9. The average Bonchev–Trinajstić information content (AvgIpc) is 2.79. The van der Waals surface area contributed by atoms with E-state index in [9.17, 15) is 9.59 Å². The second-order valence-corrected chi connectivity index (χ2v) is 11.5. The molecule has 0 spiro atoms. The lowest BCUT2D eigenvalue weighted by atomic mass is 10.2. The van der Waals surface area contributed by atoms with Gasteiger partial charge in [-0.25, -0.2) is 4.79 Å². The molecule has 0 aliphatic carbocycles. The summed E-state index contributed by atoms with van der Waals surface area (Å²) in [5, 5.41) is 11.2. The van der Waals surface area contributed by atoms with Crippen molar-refractivity contribution in [2.45, 2.75) is 32.8 Å². The molecule has 1 amide bonds. The number of nitriles is 1. The molecule has 9 nitrogen and oxygen atoms in total. The maximum absolute atomic E-state index is 11.4. The number of carbonyl (C=O) groups excluding carboxylic acids is 1. The molecule has 0 atom stereocenters. The maximum Gasteiger partial charge on any atom is 0.407 e. The largest absolute Gasteiger partial charge is 0.444 e. The van der Waals surface area contributed by atoms with Crippen LogP contribution in [0.4, 0.5) is 4.79 Å². The summed E-state index contributed by atoms with van der Waals surface area (Å²) in [6.07, 6.45) is 2.27. The predicted molar refractivity (Wildman–Crippen MR) is 147 cm³/mol. The van der Waals surface area contributed by atoms with Crippen LogP contribution < -0.4 is 10.9 Å². The molecular formula is C24H41BrN6O3S. The van der Waals surface area contributed by atoms with E-state index in [1.807, 2.05) is 32.5 Å². The first-order chi connectivity index (χ1) is 16.6. The number of aromatic nitrogens is 1. The lowest BCUT2D eigenvalue weighted by molar-refractivity contribution is 0.0526. The van der Waals surface area contributed by atoms with E-state index in [1.54, 1.807) is 12.3 Å². The second kappa shape index (κ2) is 17.8. The molecule has 3 rings (SSSR count). The molecule has 3 heterocycles. The summed E-state index contributed by atoms with van der Waals surface area (Å²) in [7, 11) is 2.11. The van der Waals surface area contributed by atoms with Gasteiger partial charge in [0.2, 0.25) is 5.56 Å². The standard InChI is InChI=1S/C12H24N2O2S.C7H13N3.C5H4BrNO/c1-12(2,3)16-11(15)13-5-4-6-14-7-9-17-10-8-14;1-9-4-6-10(3-2-8)7-5-9;6-4-1-2-7-5(8)3-4/h4-10H2,1-3H3,(H,13,15);3-7H2,1H3;1-3H,(H,7,8). The second-order valence-electron chi connectivity index (χ2n) is 9.34. The van der Waals surface area contributed by atoms with Gasteiger partial charge >= 0.3 is 6.09 Å². The van der Waals surface area contributed by atoms with Crippen LogP contribution in [0.2, 0.25) is 0 Å². The normalized spacial score (nSPS) is 17.1. The minimum atomic E-state index is -0.409. The minimum Gasteiger partial charge on any atom is -0.444 e. The molecule has 2 fully saturated rings. The summed E-state index contributed by atoms with van der Waals surface area (Å²) in [6, 6.07) is 5.40. The van der Waals surface area contributed by atoms with E-state index in [2.05, 4.69) is 54.0 Å². The third-order valence-electron chi connectivity index (χ3n) is 5.05. The highest BCUT2D eigenvalue weighted by Gasteiger charge is 2.16. The topological polar surface area (TPSA) is 105 Å². The third kappa shape index (κ3) is 17.5. The van der Waals surface area contributed by atoms with Gasteiger partial charge in [-0.1, -0.05) is 15.9 Å². The van der Waals surface area contributed by atoms with Crippen LogP contribution in [0.5, 0.6) is 0 Å². The van der Waals surface area contributed by atoms with Crippen LogP contribution in [-0.2, 0) is 4.74 Å². The molecule has 11 heteroatoms. The lowest BCUT2D eigenvalue weighted by Gasteiger charge is -2.30. The minimum absolute atomic E-state index is 0.0839. The molecule has 198 valence electrons. The van der Waals surface area contributed by atoms with Crippen molar-refractivity contribution in [3.05, 3.63) is 33.2 Å². The van der Waals surface area contributed by atoms with Gasteiger partial charge in [0.15, 0.2) is 0 Å². The third-order valence-corrected chi connectivity index (χ3v) is 6.49. The quantitative estimate of drug-likeness (QED) is 0.410. The number of nitrogens with zero attached hydrogens (tertiary/aromatic N) is 4. The van der Waals surface area contributed by atoms with E-state index >= 15 is 0 Å². The lowest BCUT2D eigenvalue weighted by Crippen LogP contribution is -2.44. The number of alkyl carbamates (subject to hydrolysis) is 1. The van der Waals surface area contributed by atoms with Crippen LogP contribution in [0.25, 0.3) is 0 Å². The van der Waals surface area contributed by atoms with E-state index < -0.39 is 5.60 Å². The summed E-state index contributed by atoms with van der Waals surface area (Å²) < 4.78 is 5.97. The van der Waals surface area contributed by atoms with Gasteiger partial charge < -0.3 is 24.8 Å². The average molecular weight is 574 g/mol. The Morgan fingerprint density at radius 3 is 2.37 bits per heavy atom. The van der Waals surface area contributed by atoms with Gasteiger partial charge in [-0.2, -0.15) is 17.0 Å². The smallest absolute Gasteiger partial charge is 0.407 e. The van der Waals surface area contributed by atoms with Gasteiger partial charge in [0.25, 0.3) is 0 Å². The van der Waals surface area contributed by atoms with Gasteiger partial charge in [0.05, 0.1) is 12.6 Å².